The molecule has 4 heteroatoms. The maximum absolute atomic E-state index is 10.9. The van der Waals surface area contributed by atoms with Gasteiger partial charge < -0.3 is 10.2 Å². The minimum absolute atomic E-state index is 0.0459. The number of nitrogens with zero attached hydrogens (tertiary/aromatic N) is 1. The Morgan fingerprint density at radius 3 is 2.93 bits per heavy atom. The largest absolute Gasteiger partial charge is 0.506 e. The summed E-state index contributed by atoms with van der Waals surface area (Å²) >= 11 is 0. The lowest BCUT2D eigenvalue weighted by Gasteiger charge is -2.27. The molecule has 1 amide bonds. The highest BCUT2D eigenvalue weighted by Gasteiger charge is 2.24. The lowest BCUT2D eigenvalue weighted by Crippen LogP contribution is -2.34. The molecule has 1 aliphatic heterocycles. The number of hydrogen-bond donors (Lipinski definition) is 2. The van der Waals surface area contributed by atoms with Crippen LogP contribution in [0.3, 0.4) is 0 Å². The average molecular weight is 193 g/mol. The van der Waals surface area contributed by atoms with E-state index in [-0.39, 0.29) is 5.75 Å². The van der Waals surface area contributed by atoms with Gasteiger partial charge in [0, 0.05) is 6.54 Å². The van der Waals surface area contributed by atoms with E-state index in [0.717, 1.165) is 18.4 Å². The van der Waals surface area contributed by atoms with Gasteiger partial charge in [-0.15, -0.1) is 0 Å². The van der Waals surface area contributed by atoms with E-state index >= 15 is 0 Å². The molecule has 2 rings (SSSR count). The summed E-state index contributed by atoms with van der Waals surface area (Å²) in [6.07, 6.45) is 0.628. The fraction of sp³-hybridized carbons (Fsp3) is 0.300. The molecule has 0 aliphatic carbocycles. The Bertz CT molecular complexity index is 376. The first-order valence-electron chi connectivity index (χ1n) is 4.51. The first-order chi connectivity index (χ1) is 6.70. The highest BCUT2D eigenvalue weighted by atomic mass is 16.4. The number of benzene rings is 1. The molecule has 1 aliphatic rings. The van der Waals surface area contributed by atoms with Crippen LogP contribution in [0.25, 0.3) is 0 Å². The van der Waals surface area contributed by atoms with Crippen molar-refractivity contribution in [3.63, 3.8) is 0 Å². The summed E-state index contributed by atoms with van der Waals surface area (Å²) in [7, 11) is 0. The molecule has 0 unspecified atom stereocenters. The van der Waals surface area contributed by atoms with Gasteiger partial charge in [0.2, 0.25) is 0 Å². The molecule has 0 radical (unpaired) electrons. The van der Waals surface area contributed by atoms with E-state index in [1.165, 1.54) is 11.0 Å². The lowest BCUT2D eigenvalue weighted by molar-refractivity contribution is 0.201. The van der Waals surface area contributed by atoms with Gasteiger partial charge in [-0.1, -0.05) is 12.1 Å². The van der Waals surface area contributed by atoms with Crippen molar-refractivity contribution in [3.8, 4) is 5.75 Å². The summed E-state index contributed by atoms with van der Waals surface area (Å²) in [6.45, 7) is 0.458. The van der Waals surface area contributed by atoms with Gasteiger partial charge in [-0.25, -0.2) is 4.79 Å². The number of amides is 1. The van der Waals surface area contributed by atoms with Crippen LogP contribution in [0.15, 0.2) is 18.2 Å². The van der Waals surface area contributed by atoms with Crippen LogP contribution >= 0.6 is 0 Å². The van der Waals surface area contributed by atoms with Gasteiger partial charge in [-0.2, -0.15) is 0 Å². The van der Waals surface area contributed by atoms with Crippen molar-refractivity contribution in [2.45, 2.75) is 12.8 Å². The van der Waals surface area contributed by atoms with Crippen LogP contribution in [0.2, 0.25) is 0 Å². The predicted molar refractivity (Wildman–Crippen MR) is 51.8 cm³/mol. The third-order valence-corrected chi connectivity index (χ3v) is 2.43. The van der Waals surface area contributed by atoms with Gasteiger partial charge in [-0.3, -0.25) is 4.90 Å². The number of hydrogen-bond acceptors (Lipinski definition) is 2. The second-order valence-corrected chi connectivity index (χ2v) is 3.32. The smallest absolute Gasteiger partial charge is 0.411 e. The average Bonchev–Trinajstić information content (AvgIpc) is 2.17. The number of carboxylic acid groups (broad SMARTS) is 1. The molecule has 0 spiro atoms. The van der Waals surface area contributed by atoms with Crippen LogP contribution in [0, 0.1) is 0 Å². The Kier molecular flexibility index (Phi) is 2.04. The van der Waals surface area contributed by atoms with Crippen molar-refractivity contribution in [2.24, 2.45) is 0 Å². The number of fused-ring (bicyclic) bond motifs is 1. The zero-order valence-electron chi connectivity index (χ0n) is 7.60. The molecular formula is C10H11NO3. The molecule has 0 aromatic heterocycles. The molecule has 0 bridgehead atoms. The first-order valence-corrected chi connectivity index (χ1v) is 4.51. The summed E-state index contributed by atoms with van der Waals surface area (Å²) in [5, 5.41) is 18.5. The molecule has 74 valence electrons. The van der Waals surface area contributed by atoms with Crippen LogP contribution < -0.4 is 4.90 Å². The van der Waals surface area contributed by atoms with Gasteiger partial charge >= 0.3 is 6.09 Å². The zero-order valence-corrected chi connectivity index (χ0v) is 7.60. The van der Waals surface area contributed by atoms with Crippen LogP contribution in [-0.2, 0) is 6.42 Å². The van der Waals surface area contributed by atoms with E-state index in [4.69, 9.17) is 5.11 Å². The fourth-order valence-corrected chi connectivity index (χ4v) is 1.82. The summed E-state index contributed by atoms with van der Waals surface area (Å²) < 4.78 is 0. The minimum Gasteiger partial charge on any atom is -0.506 e. The number of anilines is 1. The summed E-state index contributed by atoms with van der Waals surface area (Å²) in [6, 6.07) is 5.10. The van der Waals surface area contributed by atoms with E-state index < -0.39 is 6.09 Å². The third-order valence-electron chi connectivity index (χ3n) is 2.43. The topological polar surface area (TPSA) is 60.8 Å². The highest BCUT2D eigenvalue weighted by Crippen LogP contribution is 2.35. The number of aromatic hydroxyl groups is 1. The third kappa shape index (κ3) is 1.28. The molecule has 2 N–H and O–H groups in total. The second-order valence-electron chi connectivity index (χ2n) is 3.32. The van der Waals surface area contributed by atoms with E-state index in [2.05, 4.69) is 0 Å². The Morgan fingerprint density at radius 2 is 2.21 bits per heavy atom. The maximum atomic E-state index is 10.9. The predicted octanol–water partition coefficient (Wildman–Crippen LogP) is 1.82. The Balaban J connectivity index is 2.52. The lowest BCUT2D eigenvalue weighted by atomic mass is 10.0. The molecule has 1 aromatic rings. The molecule has 0 atom stereocenters. The van der Waals surface area contributed by atoms with Crippen molar-refractivity contribution in [1.82, 2.24) is 0 Å². The van der Waals surface area contributed by atoms with E-state index in [1.807, 2.05) is 6.07 Å². The van der Waals surface area contributed by atoms with E-state index in [1.54, 1.807) is 6.07 Å². The number of phenols is 1. The number of aryl methyl sites for hydroxylation is 1. The molecule has 1 aromatic carbocycles. The van der Waals surface area contributed by atoms with Crippen LogP contribution in [-0.4, -0.2) is 22.9 Å². The molecule has 0 fully saturated rings. The summed E-state index contributed by atoms with van der Waals surface area (Å²) in [4.78, 5) is 12.1. The first kappa shape index (κ1) is 8.87. The van der Waals surface area contributed by atoms with Gasteiger partial charge in [0.15, 0.2) is 0 Å². The molecule has 4 nitrogen and oxygen atoms in total. The Labute approximate surface area is 81.4 Å². The van der Waals surface area contributed by atoms with Crippen molar-refractivity contribution < 1.29 is 15.0 Å². The molecule has 0 saturated heterocycles. The van der Waals surface area contributed by atoms with Crippen molar-refractivity contribution in [1.29, 1.82) is 0 Å². The number of rotatable bonds is 0. The molecule has 0 saturated carbocycles. The van der Waals surface area contributed by atoms with Crippen LogP contribution in [0.1, 0.15) is 12.0 Å². The summed E-state index contributed by atoms with van der Waals surface area (Å²) in [5.41, 5.74) is 1.35. The Hall–Kier alpha value is -1.71. The standard InChI is InChI=1S/C10H11NO3/c12-8-5-1-3-7-4-2-6-11(9(7)8)10(13)14/h1,3,5,12H,2,4,6H2,(H,13,14). The second kappa shape index (κ2) is 3.21. The van der Waals surface area contributed by atoms with Crippen molar-refractivity contribution >= 4 is 11.8 Å². The number of carbonyl (C=O) groups is 1. The van der Waals surface area contributed by atoms with Crippen LogP contribution in [0.4, 0.5) is 10.5 Å². The molecule has 14 heavy (non-hydrogen) atoms. The number of phenolic OH excluding ortho intramolecular Hbond substituents is 1. The van der Waals surface area contributed by atoms with Crippen molar-refractivity contribution in [3.05, 3.63) is 23.8 Å². The zero-order chi connectivity index (χ0) is 10.1. The van der Waals surface area contributed by atoms with E-state index in [9.17, 15) is 9.90 Å². The van der Waals surface area contributed by atoms with Crippen LogP contribution in [0.5, 0.6) is 5.75 Å². The van der Waals surface area contributed by atoms with Gasteiger partial charge in [0.25, 0.3) is 0 Å². The molecular weight excluding hydrogens is 182 g/mol. The Morgan fingerprint density at radius 1 is 1.43 bits per heavy atom. The van der Waals surface area contributed by atoms with Gasteiger partial charge in [0.05, 0.1) is 5.69 Å². The maximum Gasteiger partial charge on any atom is 0.411 e. The normalized spacial score (nSPS) is 15.0. The monoisotopic (exact) mass is 193 g/mol. The SMILES string of the molecule is O=C(O)N1CCCc2cccc(O)c21. The van der Waals surface area contributed by atoms with Crippen molar-refractivity contribution in [2.75, 3.05) is 11.4 Å². The van der Waals surface area contributed by atoms with E-state index in [0.29, 0.717) is 12.2 Å². The van der Waals surface area contributed by atoms with Gasteiger partial charge in [-0.05, 0) is 24.5 Å². The van der Waals surface area contributed by atoms with Gasteiger partial charge in [0.1, 0.15) is 5.75 Å². The minimum atomic E-state index is -1.01. The fourth-order valence-electron chi connectivity index (χ4n) is 1.82. The highest BCUT2D eigenvalue weighted by molar-refractivity contribution is 5.90. The summed E-state index contributed by atoms with van der Waals surface area (Å²) in [5.74, 6) is 0.0459. The number of para-hydroxylation sites is 1. The quantitative estimate of drug-likeness (QED) is 0.660. The molecule has 1 heterocycles.